The van der Waals surface area contributed by atoms with E-state index in [0.717, 1.165) is 45.2 Å². The maximum atomic E-state index is 12.7. The topological polar surface area (TPSA) is 38.8 Å². The normalized spacial score (nSPS) is 24.8. The monoisotopic (exact) mass is 331 g/mol. The molecule has 1 aliphatic carbocycles. The lowest BCUT2D eigenvalue weighted by Crippen LogP contribution is -2.52. The first-order valence-corrected chi connectivity index (χ1v) is 9.15. The Morgan fingerprint density at radius 1 is 1.29 bits per heavy atom. The van der Waals surface area contributed by atoms with E-state index < -0.39 is 5.41 Å². The van der Waals surface area contributed by atoms with Crippen molar-refractivity contribution in [3.05, 3.63) is 35.4 Å². The van der Waals surface area contributed by atoms with Crippen LogP contribution in [-0.4, -0.2) is 50.3 Å². The fraction of sp³-hybridized carbons (Fsp3) is 0.650. The number of fused-ring (bicyclic) bond motifs is 1. The molecule has 132 valence electrons. The molecule has 1 aromatic carbocycles. The average molecular weight is 331 g/mol. The zero-order valence-electron chi connectivity index (χ0n) is 14.9. The third-order valence-corrected chi connectivity index (χ3v) is 5.65. The van der Waals surface area contributed by atoms with Crippen LogP contribution in [0.15, 0.2) is 24.3 Å². The van der Waals surface area contributed by atoms with Gasteiger partial charge in [-0.1, -0.05) is 24.3 Å². The summed E-state index contributed by atoms with van der Waals surface area (Å²) >= 11 is 0. The summed E-state index contributed by atoms with van der Waals surface area (Å²) in [6.45, 7) is 4.82. The van der Waals surface area contributed by atoms with Crippen LogP contribution in [0.2, 0.25) is 0 Å². The number of likely N-dealkylation sites (tertiary alicyclic amines) is 1. The smallest absolute Gasteiger partial charge is 0.313 e. The summed E-state index contributed by atoms with van der Waals surface area (Å²) in [4.78, 5) is 15.2. The molecule has 0 saturated carbocycles. The molecule has 1 aliphatic heterocycles. The van der Waals surface area contributed by atoms with Crippen LogP contribution < -0.4 is 0 Å². The molecule has 1 fully saturated rings. The second-order valence-electron chi connectivity index (χ2n) is 7.15. The quantitative estimate of drug-likeness (QED) is 0.752. The van der Waals surface area contributed by atoms with Gasteiger partial charge in [-0.05, 0) is 56.7 Å². The summed E-state index contributed by atoms with van der Waals surface area (Å²) in [5.41, 5.74) is 2.53. The molecule has 1 saturated heterocycles. The van der Waals surface area contributed by atoms with Gasteiger partial charge < -0.3 is 9.47 Å². The van der Waals surface area contributed by atoms with E-state index in [-0.39, 0.29) is 5.97 Å². The number of methoxy groups -OCH3 is 1. The number of hydrogen-bond donors (Lipinski definition) is 0. The standard InChI is InChI=1S/C20H29NO3/c1-3-24-19(22)20(10-12-23-2)9-6-11-21(15-20)18-13-16-7-4-5-8-17(16)14-18/h4-5,7-8,18H,3,6,9-15H2,1-2H3/t20-/m0/s1. The predicted octanol–water partition coefficient (Wildman–Crippen LogP) is 2.84. The molecule has 0 aromatic heterocycles. The van der Waals surface area contributed by atoms with E-state index >= 15 is 0 Å². The molecule has 4 nitrogen and oxygen atoms in total. The highest BCUT2D eigenvalue weighted by Crippen LogP contribution is 2.38. The summed E-state index contributed by atoms with van der Waals surface area (Å²) in [6, 6.07) is 9.24. The van der Waals surface area contributed by atoms with Crippen LogP contribution in [0, 0.1) is 5.41 Å². The largest absolute Gasteiger partial charge is 0.466 e. The van der Waals surface area contributed by atoms with Crippen molar-refractivity contribution in [2.45, 2.75) is 45.1 Å². The Labute approximate surface area is 145 Å². The molecule has 0 unspecified atom stereocenters. The van der Waals surface area contributed by atoms with Gasteiger partial charge in [0.2, 0.25) is 0 Å². The first kappa shape index (κ1) is 17.4. The van der Waals surface area contributed by atoms with Crippen molar-refractivity contribution in [2.24, 2.45) is 5.41 Å². The molecule has 1 aromatic rings. The van der Waals surface area contributed by atoms with Crippen molar-refractivity contribution >= 4 is 5.97 Å². The van der Waals surface area contributed by atoms with Crippen LogP contribution in [0.4, 0.5) is 0 Å². The highest BCUT2D eigenvalue weighted by molar-refractivity contribution is 5.77. The van der Waals surface area contributed by atoms with Gasteiger partial charge in [-0.2, -0.15) is 0 Å². The van der Waals surface area contributed by atoms with Crippen LogP contribution in [-0.2, 0) is 27.1 Å². The number of esters is 1. The molecule has 0 spiro atoms. The Balaban J connectivity index is 1.73. The van der Waals surface area contributed by atoms with Gasteiger partial charge in [0.15, 0.2) is 0 Å². The molecule has 0 bridgehead atoms. The van der Waals surface area contributed by atoms with E-state index in [1.807, 2.05) is 6.92 Å². The number of piperidine rings is 1. The van der Waals surface area contributed by atoms with Crippen molar-refractivity contribution in [3.8, 4) is 0 Å². The lowest BCUT2D eigenvalue weighted by molar-refractivity contribution is -0.161. The lowest BCUT2D eigenvalue weighted by atomic mass is 9.76. The molecule has 4 heteroatoms. The van der Waals surface area contributed by atoms with E-state index in [1.165, 1.54) is 11.1 Å². The summed E-state index contributed by atoms with van der Waals surface area (Å²) in [5, 5.41) is 0. The molecule has 24 heavy (non-hydrogen) atoms. The average Bonchev–Trinajstić information content (AvgIpc) is 3.04. The molecule has 0 N–H and O–H groups in total. The van der Waals surface area contributed by atoms with Gasteiger partial charge in [0.25, 0.3) is 0 Å². The van der Waals surface area contributed by atoms with Crippen molar-refractivity contribution < 1.29 is 14.3 Å². The van der Waals surface area contributed by atoms with Crippen LogP contribution in [0.3, 0.4) is 0 Å². The number of ether oxygens (including phenoxy) is 2. The van der Waals surface area contributed by atoms with Gasteiger partial charge in [0, 0.05) is 26.3 Å². The SMILES string of the molecule is CCOC(=O)[C@]1(CCOC)CCCN(C2Cc3ccccc3C2)C1. The number of hydrogen-bond acceptors (Lipinski definition) is 4. The minimum absolute atomic E-state index is 0.0396. The van der Waals surface area contributed by atoms with Crippen molar-refractivity contribution in [1.82, 2.24) is 4.90 Å². The maximum absolute atomic E-state index is 12.7. The van der Waals surface area contributed by atoms with Gasteiger partial charge >= 0.3 is 5.97 Å². The Morgan fingerprint density at radius 2 is 2.00 bits per heavy atom. The van der Waals surface area contributed by atoms with Crippen molar-refractivity contribution in [2.75, 3.05) is 33.4 Å². The minimum atomic E-state index is -0.404. The minimum Gasteiger partial charge on any atom is -0.466 e. The lowest BCUT2D eigenvalue weighted by Gasteiger charge is -2.43. The van der Waals surface area contributed by atoms with E-state index in [0.29, 0.717) is 19.3 Å². The summed E-state index contributed by atoms with van der Waals surface area (Å²) in [6.07, 6.45) is 4.90. The van der Waals surface area contributed by atoms with E-state index in [2.05, 4.69) is 29.2 Å². The molecular formula is C20H29NO3. The Morgan fingerprint density at radius 3 is 2.62 bits per heavy atom. The maximum Gasteiger partial charge on any atom is 0.313 e. The summed E-state index contributed by atoms with van der Waals surface area (Å²) in [5.74, 6) is -0.0396. The van der Waals surface area contributed by atoms with E-state index in [9.17, 15) is 4.79 Å². The predicted molar refractivity (Wildman–Crippen MR) is 94.0 cm³/mol. The molecule has 2 aliphatic rings. The molecule has 0 radical (unpaired) electrons. The third-order valence-electron chi connectivity index (χ3n) is 5.65. The Hall–Kier alpha value is -1.39. The highest BCUT2D eigenvalue weighted by atomic mass is 16.5. The number of benzene rings is 1. The van der Waals surface area contributed by atoms with E-state index in [4.69, 9.17) is 9.47 Å². The first-order chi connectivity index (χ1) is 11.7. The van der Waals surface area contributed by atoms with Gasteiger partial charge in [0.05, 0.1) is 12.0 Å². The third kappa shape index (κ3) is 3.50. The van der Waals surface area contributed by atoms with E-state index in [1.54, 1.807) is 7.11 Å². The number of carbonyl (C=O) groups is 1. The van der Waals surface area contributed by atoms with Crippen LogP contribution in [0.25, 0.3) is 0 Å². The second kappa shape index (κ2) is 7.66. The van der Waals surface area contributed by atoms with Gasteiger partial charge in [-0.15, -0.1) is 0 Å². The molecule has 1 atom stereocenters. The zero-order chi connectivity index (χ0) is 17.0. The number of nitrogens with zero attached hydrogens (tertiary/aromatic N) is 1. The van der Waals surface area contributed by atoms with Gasteiger partial charge in [-0.25, -0.2) is 0 Å². The van der Waals surface area contributed by atoms with Crippen LogP contribution in [0.5, 0.6) is 0 Å². The van der Waals surface area contributed by atoms with Crippen LogP contribution >= 0.6 is 0 Å². The van der Waals surface area contributed by atoms with Crippen molar-refractivity contribution in [1.29, 1.82) is 0 Å². The fourth-order valence-corrected chi connectivity index (χ4v) is 4.33. The molecular weight excluding hydrogens is 302 g/mol. The first-order valence-electron chi connectivity index (χ1n) is 9.15. The second-order valence-corrected chi connectivity index (χ2v) is 7.15. The highest BCUT2D eigenvalue weighted by Gasteiger charge is 2.45. The Kier molecular flexibility index (Phi) is 5.57. The van der Waals surface area contributed by atoms with Gasteiger partial charge in [-0.3, -0.25) is 9.69 Å². The summed E-state index contributed by atoms with van der Waals surface area (Å²) in [7, 11) is 1.70. The fourth-order valence-electron chi connectivity index (χ4n) is 4.33. The van der Waals surface area contributed by atoms with Gasteiger partial charge in [0.1, 0.15) is 0 Å². The summed E-state index contributed by atoms with van der Waals surface area (Å²) < 4.78 is 10.7. The molecule has 1 heterocycles. The molecule has 0 amide bonds. The molecule has 3 rings (SSSR count). The van der Waals surface area contributed by atoms with Crippen LogP contribution in [0.1, 0.15) is 37.3 Å². The Bertz CT molecular complexity index is 549. The zero-order valence-corrected chi connectivity index (χ0v) is 14.9. The number of rotatable bonds is 6. The van der Waals surface area contributed by atoms with Crippen molar-refractivity contribution in [3.63, 3.8) is 0 Å². The number of carbonyl (C=O) groups excluding carboxylic acids is 1.